The van der Waals surface area contributed by atoms with Gasteiger partial charge in [0.15, 0.2) is 0 Å². The predicted molar refractivity (Wildman–Crippen MR) is 64.2 cm³/mol. The second-order valence-corrected chi connectivity index (χ2v) is 3.76. The molecule has 2 rings (SSSR count). The largest absolute Gasteiger partial charge is 0.306 e. The number of nitrogens with zero attached hydrogens (tertiary/aromatic N) is 3. The van der Waals surface area contributed by atoms with Gasteiger partial charge in [0.05, 0.1) is 5.56 Å². The summed E-state index contributed by atoms with van der Waals surface area (Å²) in [6, 6.07) is 4.63. The van der Waals surface area contributed by atoms with Gasteiger partial charge in [-0.25, -0.2) is 15.0 Å². The molecule has 1 N–H and O–H groups in total. The summed E-state index contributed by atoms with van der Waals surface area (Å²) in [5.74, 6) is -0.0196. The number of amides is 1. The number of carbonyl (C=O) groups is 1. The Hall–Kier alpha value is -1.72. The highest BCUT2D eigenvalue weighted by molar-refractivity contribution is 6.29. The summed E-state index contributed by atoms with van der Waals surface area (Å²) in [6.45, 7) is 0. The molecule has 0 bridgehead atoms. The fourth-order valence-corrected chi connectivity index (χ4v) is 1.36. The Balaban J connectivity index is 2.14. The van der Waals surface area contributed by atoms with Crippen molar-refractivity contribution in [2.45, 2.75) is 0 Å². The van der Waals surface area contributed by atoms with E-state index >= 15 is 0 Å². The number of nitrogens with one attached hydrogen (secondary N) is 1. The van der Waals surface area contributed by atoms with Gasteiger partial charge in [0.1, 0.15) is 11.0 Å². The average Bonchev–Trinajstić information content (AvgIpc) is 2.29. The van der Waals surface area contributed by atoms with Gasteiger partial charge in [-0.3, -0.25) is 4.79 Å². The zero-order valence-corrected chi connectivity index (χ0v) is 9.90. The monoisotopic (exact) mass is 268 g/mol. The van der Waals surface area contributed by atoms with Gasteiger partial charge in [-0.2, -0.15) is 0 Å². The third-order valence-corrected chi connectivity index (χ3v) is 2.26. The lowest BCUT2D eigenvalue weighted by Gasteiger charge is -2.03. The van der Waals surface area contributed by atoms with Crippen LogP contribution in [0.4, 0.5) is 5.82 Å². The number of anilines is 1. The fraction of sp³-hybridized carbons (Fsp3) is 0. The molecule has 7 heteroatoms. The number of hydrogen-bond donors (Lipinski definition) is 1. The first-order valence-corrected chi connectivity index (χ1v) is 5.32. The highest BCUT2D eigenvalue weighted by Gasteiger charge is 2.07. The number of pyridine rings is 1. The Kier molecular flexibility index (Phi) is 3.51. The molecule has 0 spiro atoms. The molecule has 0 aromatic carbocycles. The van der Waals surface area contributed by atoms with Crippen LogP contribution in [0, 0.1) is 0 Å². The Labute approximate surface area is 107 Å². The number of aromatic nitrogens is 3. The van der Waals surface area contributed by atoms with Gasteiger partial charge >= 0.3 is 0 Å². The Morgan fingerprint density at radius 2 is 2.00 bits per heavy atom. The second-order valence-electron chi connectivity index (χ2n) is 3.03. The smallest absolute Gasteiger partial charge is 0.258 e. The minimum absolute atomic E-state index is 0.0667. The first kappa shape index (κ1) is 11.8. The van der Waals surface area contributed by atoms with Crippen LogP contribution in [0.5, 0.6) is 0 Å². The van der Waals surface area contributed by atoms with Crippen molar-refractivity contribution in [1.82, 2.24) is 15.0 Å². The number of halogens is 2. The summed E-state index contributed by atoms with van der Waals surface area (Å²) < 4.78 is 0. The van der Waals surface area contributed by atoms with E-state index in [0.29, 0.717) is 16.5 Å². The maximum absolute atomic E-state index is 11.7. The molecule has 2 aromatic heterocycles. The van der Waals surface area contributed by atoms with Crippen LogP contribution in [0.25, 0.3) is 0 Å². The van der Waals surface area contributed by atoms with E-state index in [2.05, 4.69) is 20.3 Å². The Morgan fingerprint density at radius 3 is 2.65 bits per heavy atom. The fourth-order valence-electron chi connectivity index (χ4n) is 1.10. The third-order valence-electron chi connectivity index (χ3n) is 1.86. The molecule has 86 valence electrons. The summed E-state index contributed by atoms with van der Waals surface area (Å²) in [7, 11) is 0. The third kappa shape index (κ3) is 3.12. The molecule has 0 fully saturated rings. The van der Waals surface area contributed by atoms with Crippen molar-refractivity contribution in [3.63, 3.8) is 0 Å². The van der Waals surface area contributed by atoms with Crippen molar-refractivity contribution in [3.05, 3.63) is 46.6 Å². The van der Waals surface area contributed by atoms with Gasteiger partial charge in [0, 0.05) is 12.4 Å². The molecule has 0 radical (unpaired) electrons. The van der Waals surface area contributed by atoms with Crippen LogP contribution in [0.1, 0.15) is 10.4 Å². The molecular weight excluding hydrogens is 263 g/mol. The zero-order chi connectivity index (χ0) is 12.3. The summed E-state index contributed by atoms with van der Waals surface area (Å²) in [6.07, 6.45) is 2.82. The molecule has 5 nitrogen and oxygen atoms in total. The molecule has 0 saturated heterocycles. The molecular formula is C10H6Cl2N4O. The van der Waals surface area contributed by atoms with Gasteiger partial charge in [-0.1, -0.05) is 11.6 Å². The summed E-state index contributed by atoms with van der Waals surface area (Å²) in [5.41, 5.74) is 0.379. The highest BCUT2D eigenvalue weighted by atomic mass is 35.5. The predicted octanol–water partition coefficient (Wildman–Crippen LogP) is 2.43. The Bertz CT molecular complexity index is 544. The zero-order valence-electron chi connectivity index (χ0n) is 8.39. The van der Waals surface area contributed by atoms with Gasteiger partial charge in [0.25, 0.3) is 5.91 Å². The number of rotatable bonds is 2. The van der Waals surface area contributed by atoms with E-state index in [1.54, 1.807) is 6.07 Å². The average molecular weight is 269 g/mol. The van der Waals surface area contributed by atoms with E-state index < -0.39 is 0 Å². The van der Waals surface area contributed by atoms with Gasteiger partial charge in [0.2, 0.25) is 5.28 Å². The van der Waals surface area contributed by atoms with Crippen LogP contribution in [0.15, 0.2) is 30.6 Å². The van der Waals surface area contributed by atoms with Crippen LogP contribution < -0.4 is 5.32 Å². The normalized spacial score (nSPS) is 10.0. The first-order chi connectivity index (χ1) is 8.15. The van der Waals surface area contributed by atoms with Crippen molar-refractivity contribution in [1.29, 1.82) is 0 Å². The van der Waals surface area contributed by atoms with Crippen molar-refractivity contribution < 1.29 is 4.79 Å². The number of carbonyl (C=O) groups excluding carboxylic acids is 1. The van der Waals surface area contributed by atoms with Crippen molar-refractivity contribution in [2.75, 3.05) is 5.32 Å². The van der Waals surface area contributed by atoms with Gasteiger partial charge in [-0.05, 0) is 29.8 Å². The molecule has 1 amide bonds. The van der Waals surface area contributed by atoms with Crippen LogP contribution >= 0.6 is 23.2 Å². The number of hydrogen-bond acceptors (Lipinski definition) is 4. The molecule has 0 unspecified atom stereocenters. The lowest BCUT2D eigenvalue weighted by molar-refractivity contribution is 0.102. The lowest BCUT2D eigenvalue weighted by atomic mass is 10.3. The van der Waals surface area contributed by atoms with Gasteiger partial charge < -0.3 is 5.32 Å². The minimum Gasteiger partial charge on any atom is -0.306 e. The van der Waals surface area contributed by atoms with Crippen molar-refractivity contribution >= 4 is 34.9 Å². The molecule has 0 aliphatic carbocycles. The molecule has 0 aliphatic heterocycles. The lowest BCUT2D eigenvalue weighted by Crippen LogP contribution is -2.13. The van der Waals surface area contributed by atoms with E-state index in [9.17, 15) is 4.79 Å². The SMILES string of the molecule is O=C(Nc1ccnc(Cl)n1)c1ccc(Cl)nc1. The van der Waals surface area contributed by atoms with E-state index in [-0.39, 0.29) is 11.2 Å². The summed E-state index contributed by atoms with van der Waals surface area (Å²) in [4.78, 5) is 23.1. The molecule has 2 aromatic rings. The molecule has 2 heterocycles. The van der Waals surface area contributed by atoms with E-state index in [1.807, 2.05) is 0 Å². The molecule has 0 aliphatic rings. The van der Waals surface area contributed by atoms with Crippen molar-refractivity contribution in [3.8, 4) is 0 Å². The van der Waals surface area contributed by atoms with Crippen LogP contribution in [-0.4, -0.2) is 20.9 Å². The maximum Gasteiger partial charge on any atom is 0.258 e. The van der Waals surface area contributed by atoms with E-state index in [0.717, 1.165) is 0 Å². The topological polar surface area (TPSA) is 67.8 Å². The highest BCUT2D eigenvalue weighted by Crippen LogP contribution is 2.09. The van der Waals surface area contributed by atoms with Gasteiger partial charge in [-0.15, -0.1) is 0 Å². The molecule has 17 heavy (non-hydrogen) atoms. The quantitative estimate of drug-likeness (QED) is 0.671. The molecule has 0 atom stereocenters. The van der Waals surface area contributed by atoms with E-state index in [1.165, 1.54) is 24.5 Å². The summed E-state index contributed by atoms with van der Waals surface area (Å²) in [5, 5.41) is 2.95. The standard InChI is InChI=1S/C10H6Cl2N4O/c11-7-2-1-6(5-14-7)9(17)15-8-3-4-13-10(12)16-8/h1-5H,(H,13,15,16,17). The first-order valence-electron chi connectivity index (χ1n) is 4.56. The van der Waals surface area contributed by atoms with Crippen LogP contribution in [-0.2, 0) is 0 Å². The van der Waals surface area contributed by atoms with E-state index in [4.69, 9.17) is 23.2 Å². The summed E-state index contributed by atoms with van der Waals surface area (Å²) >= 11 is 11.2. The maximum atomic E-state index is 11.7. The van der Waals surface area contributed by atoms with Crippen molar-refractivity contribution in [2.24, 2.45) is 0 Å². The van der Waals surface area contributed by atoms with Crippen LogP contribution in [0.3, 0.4) is 0 Å². The molecule has 0 saturated carbocycles. The Morgan fingerprint density at radius 1 is 1.18 bits per heavy atom. The minimum atomic E-state index is -0.344. The second kappa shape index (κ2) is 5.07. The van der Waals surface area contributed by atoms with Crippen LogP contribution in [0.2, 0.25) is 10.4 Å².